The molecule has 1 saturated carbocycles. The molecule has 0 aromatic heterocycles. The Morgan fingerprint density at radius 1 is 1.25 bits per heavy atom. The predicted octanol–water partition coefficient (Wildman–Crippen LogP) is 3.61. The Morgan fingerprint density at radius 3 is 2.44 bits per heavy atom. The van der Waals surface area contributed by atoms with Crippen LogP contribution in [-0.2, 0) is 9.53 Å². The van der Waals surface area contributed by atoms with Gasteiger partial charge in [0.05, 0.1) is 0 Å². The fraction of sp³-hybridized carbons (Fsp3) is 0.786. The molecule has 0 aromatic rings. The second-order valence-electron chi connectivity index (χ2n) is 5.62. The quantitative estimate of drug-likeness (QED) is 0.500. The Hall–Kier alpha value is -0.790. The van der Waals surface area contributed by atoms with Crippen LogP contribution in [0.25, 0.3) is 0 Å². The van der Waals surface area contributed by atoms with Crippen molar-refractivity contribution in [3.05, 3.63) is 11.1 Å². The molecule has 0 heterocycles. The summed E-state index contributed by atoms with van der Waals surface area (Å²) in [5, 5.41) is 0. The molecule has 1 spiro atoms. The van der Waals surface area contributed by atoms with Crippen molar-refractivity contribution in [1.82, 2.24) is 0 Å². The van der Waals surface area contributed by atoms with Crippen LogP contribution in [0.15, 0.2) is 11.1 Å². The molecule has 0 aromatic carbocycles. The van der Waals surface area contributed by atoms with Gasteiger partial charge in [0.1, 0.15) is 6.10 Å². The Kier molecular flexibility index (Phi) is 3.09. The van der Waals surface area contributed by atoms with E-state index in [4.69, 9.17) is 4.74 Å². The fourth-order valence-corrected chi connectivity index (χ4v) is 3.48. The van der Waals surface area contributed by atoms with Crippen LogP contribution in [0.2, 0.25) is 0 Å². The van der Waals surface area contributed by atoms with E-state index in [1.54, 1.807) is 0 Å². The molecule has 1 fully saturated rings. The lowest BCUT2D eigenvalue weighted by Crippen LogP contribution is -2.39. The summed E-state index contributed by atoms with van der Waals surface area (Å²) in [6.07, 6.45) is 7.20. The van der Waals surface area contributed by atoms with Gasteiger partial charge in [-0.15, -0.1) is 0 Å². The molecule has 0 N–H and O–H groups in total. The van der Waals surface area contributed by atoms with Crippen LogP contribution < -0.4 is 0 Å². The molecule has 1 unspecified atom stereocenters. The number of esters is 1. The van der Waals surface area contributed by atoms with Crippen molar-refractivity contribution >= 4 is 5.97 Å². The summed E-state index contributed by atoms with van der Waals surface area (Å²) in [4.78, 5) is 11.2. The minimum absolute atomic E-state index is 0.117. The highest BCUT2D eigenvalue weighted by atomic mass is 16.5. The van der Waals surface area contributed by atoms with E-state index in [1.165, 1.54) is 37.3 Å². The molecule has 90 valence electrons. The zero-order valence-electron chi connectivity index (χ0n) is 10.6. The molecule has 0 saturated heterocycles. The highest BCUT2D eigenvalue weighted by Crippen LogP contribution is 2.52. The molecule has 0 radical (unpaired) electrons. The fourth-order valence-electron chi connectivity index (χ4n) is 3.48. The molecule has 0 amide bonds. The smallest absolute Gasteiger partial charge is 0.302 e. The second-order valence-corrected chi connectivity index (χ2v) is 5.62. The van der Waals surface area contributed by atoms with Gasteiger partial charge in [0.25, 0.3) is 0 Å². The van der Waals surface area contributed by atoms with Gasteiger partial charge in [-0.05, 0) is 46.0 Å². The van der Waals surface area contributed by atoms with E-state index in [0.717, 1.165) is 19.3 Å². The molecule has 1 atom stereocenters. The third-order valence-corrected chi connectivity index (χ3v) is 4.35. The zero-order valence-corrected chi connectivity index (χ0v) is 10.6. The molecule has 2 aliphatic carbocycles. The van der Waals surface area contributed by atoms with E-state index < -0.39 is 0 Å². The molecular formula is C14H22O2. The van der Waals surface area contributed by atoms with E-state index in [2.05, 4.69) is 13.8 Å². The SMILES string of the molecule is CC(=O)OC1CCCCC12CC(C)=C(C)C2. The van der Waals surface area contributed by atoms with E-state index in [9.17, 15) is 4.79 Å². The van der Waals surface area contributed by atoms with Crippen molar-refractivity contribution in [2.75, 3.05) is 0 Å². The number of rotatable bonds is 1. The van der Waals surface area contributed by atoms with Crippen molar-refractivity contribution in [3.63, 3.8) is 0 Å². The van der Waals surface area contributed by atoms with E-state index >= 15 is 0 Å². The van der Waals surface area contributed by atoms with Crippen molar-refractivity contribution in [2.45, 2.75) is 65.4 Å². The van der Waals surface area contributed by atoms with Crippen LogP contribution in [-0.4, -0.2) is 12.1 Å². The number of allylic oxidation sites excluding steroid dienone is 2. The summed E-state index contributed by atoms with van der Waals surface area (Å²) in [7, 11) is 0. The third kappa shape index (κ3) is 2.02. The minimum Gasteiger partial charge on any atom is -0.462 e. The summed E-state index contributed by atoms with van der Waals surface area (Å²) in [6.45, 7) is 5.98. The van der Waals surface area contributed by atoms with Gasteiger partial charge < -0.3 is 4.74 Å². The molecule has 0 aliphatic heterocycles. The first-order chi connectivity index (χ1) is 7.53. The normalized spacial score (nSPS) is 28.6. The standard InChI is InChI=1S/C14H22O2/c1-10-8-14(9-11(10)2)7-5-4-6-13(14)16-12(3)15/h13H,4-9H2,1-3H3. The first-order valence-electron chi connectivity index (χ1n) is 6.36. The zero-order chi connectivity index (χ0) is 11.8. The number of carbonyl (C=O) groups excluding carboxylic acids is 1. The average Bonchev–Trinajstić information content (AvgIpc) is 2.47. The third-order valence-electron chi connectivity index (χ3n) is 4.35. The minimum atomic E-state index is -0.117. The summed E-state index contributed by atoms with van der Waals surface area (Å²) in [5.74, 6) is -0.117. The Labute approximate surface area is 98.1 Å². The lowest BCUT2D eigenvalue weighted by molar-refractivity contribution is -0.156. The molecular weight excluding hydrogens is 200 g/mol. The Morgan fingerprint density at radius 2 is 1.88 bits per heavy atom. The summed E-state index contributed by atoms with van der Waals surface area (Å²) in [6, 6.07) is 0. The average molecular weight is 222 g/mol. The first-order valence-corrected chi connectivity index (χ1v) is 6.36. The first kappa shape index (κ1) is 11.7. The van der Waals surface area contributed by atoms with Gasteiger partial charge in [0.2, 0.25) is 0 Å². The Balaban J connectivity index is 2.14. The van der Waals surface area contributed by atoms with Gasteiger partial charge in [-0.3, -0.25) is 4.79 Å². The maximum atomic E-state index is 11.2. The summed E-state index contributed by atoms with van der Waals surface area (Å²) in [5.41, 5.74) is 3.27. The van der Waals surface area contributed by atoms with Crippen LogP contribution in [0, 0.1) is 5.41 Å². The van der Waals surface area contributed by atoms with Gasteiger partial charge in [-0.25, -0.2) is 0 Å². The topological polar surface area (TPSA) is 26.3 Å². The van der Waals surface area contributed by atoms with Gasteiger partial charge in [0, 0.05) is 12.3 Å². The molecule has 0 bridgehead atoms. The van der Waals surface area contributed by atoms with Crippen molar-refractivity contribution < 1.29 is 9.53 Å². The summed E-state index contributed by atoms with van der Waals surface area (Å²) >= 11 is 0. The molecule has 2 rings (SSSR count). The lowest BCUT2D eigenvalue weighted by Gasteiger charge is -2.41. The largest absolute Gasteiger partial charge is 0.462 e. The van der Waals surface area contributed by atoms with Crippen LogP contribution in [0.4, 0.5) is 0 Å². The van der Waals surface area contributed by atoms with Crippen molar-refractivity contribution in [2.24, 2.45) is 5.41 Å². The number of carbonyl (C=O) groups is 1. The molecule has 16 heavy (non-hydrogen) atoms. The number of hydrogen-bond donors (Lipinski definition) is 0. The van der Waals surface area contributed by atoms with Crippen LogP contribution in [0.1, 0.15) is 59.3 Å². The summed E-state index contributed by atoms with van der Waals surface area (Å²) < 4.78 is 5.56. The molecule has 2 heteroatoms. The van der Waals surface area contributed by atoms with Gasteiger partial charge in [0.15, 0.2) is 0 Å². The van der Waals surface area contributed by atoms with Crippen molar-refractivity contribution in [3.8, 4) is 0 Å². The predicted molar refractivity (Wildman–Crippen MR) is 64.1 cm³/mol. The van der Waals surface area contributed by atoms with E-state index in [-0.39, 0.29) is 17.5 Å². The molecule has 2 aliphatic rings. The maximum Gasteiger partial charge on any atom is 0.302 e. The van der Waals surface area contributed by atoms with Gasteiger partial charge in [-0.1, -0.05) is 17.6 Å². The second kappa shape index (κ2) is 4.23. The van der Waals surface area contributed by atoms with E-state index in [0.29, 0.717) is 0 Å². The number of ether oxygens (including phenoxy) is 1. The van der Waals surface area contributed by atoms with Crippen LogP contribution in [0.5, 0.6) is 0 Å². The van der Waals surface area contributed by atoms with Crippen LogP contribution in [0.3, 0.4) is 0 Å². The van der Waals surface area contributed by atoms with Gasteiger partial charge in [-0.2, -0.15) is 0 Å². The highest BCUT2D eigenvalue weighted by Gasteiger charge is 2.45. The lowest BCUT2D eigenvalue weighted by atomic mass is 9.69. The maximum absolute atomic E-state index is 11.2. The van der Waals surface area contributed by atoms with Gasteiger partial charge >= 0.3 is 5.97 Å². The van der Waals surface area contributed by atoms with Crippen molar-refractivity contribution in [1.29, 1.82) is 0 Å². The van der Waals surface area contributed by atoms with Crippen LogP contribution >= 0.6 is 0 Å². The number of hydrogen-bond acceptors (Lipinski definition) is 2. The molecule has 2 nitrogen and oxygen atoms in total. The monoisotopic (exact) mass is 222 g/mol. The Bertz CT molecular complexity index is 314. The van der Waals surface area contributed by atoms with E-state index in [1.807, 2.05) is 0 Å². The highest BCUT2D eigenvalue weighted by molar-refractivity contribution is 5.66.